The van der Waals surface area contributed by atoms with E-state index in [1.165, 1.54) is 47.7 Å². The van der Waals surface area contributed by atoms with E-state index >= 15 is 0 Å². The van der Waals surface area contributed by atoms with Crippen molar-refractivity contribution < 1.29 is 14.0 Å². The Bertz CT molecular complexity index is 984. The number of anilines is 1. The Labute approximate surface area is 164 Å². The Kier molecular flexibility index (Phi) is 6.03. The molecule has 0 radical (unpaired) electrons. The number of aryl methyl sites for hydroxylation is 1. The molecule has 138 valence electrons. The molecule has 1 N–H and O–H groups in total. The Morgan fingerprint density at radius 3 is 2.59 bits per heavy atom. The number of nitrogens with one attached hydrogen (secondary N) is 1. The van der Waals surface area contributed by atoms with E-state index in [0.29, 0.717) is 5.69 Å². The van der Waals surface area contributed by atoms with Gasteiger partial charge < -0.3 is 5.32 Å². The number of thioether (sulfide) groups is 1. The third-order valence-electron chi connectivity index (χ3n) is 3.75. The fourth-order valence-corrected chi connectivity index (χ4v) is 4.13. The third kappa shape index (κ3) is 5.02. The van der Waals surface area contributed by atoms with Gasteiger partial charge in [0.15, 0.2) is 10.1 Å². The lowest BCUT2D eigenvalue weighted by molar-refractivity contribution is -0.114. The van der Waals surface area contributed by atoms with Crippen molar-refractivity contribution in [3.05, 3.63) is 64.8 Å². The van der Waals surface area contributed by atoms with Crippen LogP contribution >= 0.6 is 23.1 Å². The molecule has 1 aromatic heterocycles. The van der Waals surface area contributed by atoms with Crippen molar-refractivity contribution in [2.75, 3.05) is 11.1 Å². The predicted octanol–water partition coefficient (Wildman–Crippen LogP) is 5.19. The molecule has 4 nitrogen and oxygen atoms in total. The Hall–Kier alpha value is -2.51. The highest BCUT2D eigenvalue weighted by atomic mass is 32.2. The van der Waals surface area contributed by atoms with E-state index in [2.05, 4.69) is 10.3 Å². The first-order valence-corrected chi connectivity index (χ1v) is 10.0. The number of hydrogen-bond acceptors (Lipinski definition) is 5. The molecule has 2 aromatic carbocycles. The quantitative estimate of drug-likeness (QED) is 0.457. The summed E-state index contributed by atoms with van der Waals surface area (Å²) in [6, 6.07) is 12.1. The minimum atomic E-state index is -0.647. The number of amides is 1. The van der Waals surface area contributed by atoms with Gasteiger partial charge >= 0.3 is 0 Å². The average molecular weight is 401 g/mol. The Morgan fingerprint density at radius 2 is 1.93 bits per heavy atom. The van der Waals surface area contributed by atoms with Gasteiger partial charge in [-0.1, -0.05) is 41.6 Å². The number of rotatable bonds is 6. The molecule has 0 spiro atoms. The van der Waals surface area contributed by atoms with Gasteiger partial charge in [-0.25, -0.2) is 9.37 Å². The Morgan fingerprint density at radius 1 is 1.19 bits per heavy atom. The van der Waals surface area contributed by atoms with Gasteiger partial charge in [-0.15, -0.1) is 11.3 Å². The van der Waals surface area contributed by atoms with Gasteiger partial charge in [0.1, 0.15) is 5.82 Å². The second-order valence-electron chi connectivity index (χ2n) is 5.95. The number of carbonyl (C=O) groups is 2. The van der Waals surface area contributed by atoms with Crippen molar-refractivity contribution in [2.24, 2.45) is 0 Å². The molecule has 0 fully saturated rings. The predicted molar refractivity (Wildman–Crippen MR) is 108 cm³/mol. The van der Waals surface area contributed by atoms with Gasteiger partial charge in [0.25, 0.3) is 0 Å². The summed E-state index contributed by atoms with van der Waals surface area (Å²) in [5.74, 6) is -1.17. The van der Waals surface area contributed by atoms with Crippen LogP contribution < -0.4 is 5.32 Å². The fourth-order valence-electron chi connectivity index (χ4n) is 2.41. The summed E-state index contributed by atoms with van der Waals surface area (Å²) in [7, 11) is 0. The van der Waals surface area contributed by atoms with Crippen LogP contribution in [-0.4, -0.2) is 22.4 Å². The van der Waals surface area contributed by atoms with Crippen LogP contribution in [0.3, 0.4) is 0 Å². The molecule has 0 aliphatic rings. The van der Waals surface area contributed by atoms with Crippen LogP contribution in [0.4, 0.5) is 10.1 Å². The molecule has 0 unspecified atom stereocenters. The van der Waals surface area contributed by atoms with Crippen molar-refractivity contribution in [1.82, 2.24) is 4.98 Å². The molecular formula is C20H17FN2O2S2. The molecule has 0 bridgehead atoms. The maximum absolute atomic E-state index is 14.1. The minimum Gasteiger partial charge on any atom is -0.326 e. The highest BCUT2D eigenvalue weighted by Crippen LogP contribution is 2.29. The number of carbonyl (C=O) groups excluding carboxylic acids is 2. The molecule has 3 rings (SSSR count). The minimum absolute atomic E-state index is 0.00640. The van der Waals surface area contributed by atoms with E-state index in [0.717, 1.165) is 21.7 Å². The number of halogens is 1. The summed E-state index contributed by atoms with van der Waals surface area (Å²) in [5, 5.41) is 4.43. The lowest BCUT2D eigenvalue weighted by Crippen LogP contribution is -2.09. The van der Waals surface area contributed by atoms with Crippen molar-refractivity contribution in [1.29, 1.82) is 0 Å². The van der Waals surface area contributed by atoms with Crippen LogP contribution in [-0.2, 0) is 4.79 Å². The van der Waals surface area contributed by atoms with Crippen molar-refractivity contribution in [3.63, 3.8) is 0 Å². The number of aromatic nitrogens is 1. The highest BCUT2D eigenvalue weighted by molar-refractivity contribution is 8.01. The molecule has 1 amide bonds. The highest BCUT2D eigenvalue weighted by Gasteiger charge is 2.14. The molecule has 7 heteroatoms. The van der Waals surface area contributed by atoms with Crippen LogP contribution in [0.5, 0.6) is 0 Å². The first-order chi connectivity index (χ1) is 12.9. The summed E-state index contributed by atoms with van der Waals surface area (Å²) in [6.45, 7) is 3.37. The monoisotopic (exact) mass is 400 g/mol. The zero-order valence-corrected chi connectivity index (χ0v) is 16.4. The molecule has 1 heterocycles. The molecular weight excluding hydrogens is 383 g/mol. The van der Waals surface area contributed by atoms with Gasteiger partial charge in [-0.2, -0.15) is 0 Å². The lowest BCUT2D eigenvalue weighted by atomic mass is 10.1. The van der Waals surface area contributed by atoms with Crippen LogP contribution in [0, 0.1) is 12.7 Å². The summed E-state index contributed by atoms with van der Waals surface area (Å²) in [6.07, 6.45) is 0. The first kappa shape index (κ1) is 19.3. The number of hydrogen-bond donors (Lipinski definition) is 1. The van der Waals surface area contributed by atoms with Crippen LogP contribution in [0.25, 0.3) is 11.3 Å². The molecule has 0 saturated heterocycles. The second kappa shape index (κ2) is 8.45. The molecule has 0 aliphatic heterocycles. The van der Waals surface area contributed by atoms with Gasteiger partial charge in [0.05, 0.1) is 17.0 Å². The number of ketones is 1. The van der Waals surface area contributed by atoms with E-state index in [-0.39, 0.29) is 23.0 Å². The average Bonchev–Trinajstić information content (AvgIpc) is 3.09. The van der Waals surface area contributed by atoms with Crippen LogP contribution in [0.15, 0.2) is 52.2 Å². The van der Waals surface area contributed by atoms with Crippen molar-refractivity contribution in [2.45, 2.75) is 18.2 Å². The molecule has 0 saturated carbocycles. The number of benzene rings is 2. The van der Waals surface area contributed by atoms with Gasteiger partial charge in [-0.3, -0.25) is 9.59 Å². The number of nitrogens with zero attached hydrogens (tertiary/aromatic N) is 1. The lowest BCUT2D eigenvalue weighted by Gasteiger charge is -2.05. The van der Waals surface area contributed by atoms with Crippen LogP contribution in [0.1, 0.15) is 22.8 Å². The maximum atomic E-state index is 14.1. The SMILES string of the molecule is CC(=O)Nc1ccc(C(=O)CSc2nc(-c3ccc(C)cc3)cs2)c(F)c1. The third-order valence-corrected chi connectivity index (χ3v) is 5.77. The Balaban J connectivity index is 1.64. The maximum Gasteiger partial charge on any atom is 0.221 e. The van der Waals surface area contributed by atoms with E-state index in [4.69, 9.17) is 0 Å². The fraction of sp³-hybridized carbons (Fsp3) is 0.150. The standard InChI is InChI=1S/C20H17FN2O2S2/c1-12-3-5-14(6-4-12)18-10-26-20(23-18)27-11-19(25)16-8-7-15(9-17(16)21)22-13(2)24/h3-10H,11H2,1-2H3,(H,22,24). The smallest absolute Gasteiger partial charge is 0.221 e. The normalized spacial score (nSPS) is 10.6. The second-order valence-corrected chi connectivity index (χ2v) is 8.03. The van der Waals surface area contributed by atoms with Gasteiger partial charge in [-0.05, 0) is 25.1 Å². The van der Waals surface area contributed by atoms with E-state index in [9.17, 15) is 14.0 Å². The summed E-state index contributed by atoms with van der Waals surface area (Å²) in [5.41, 5.74) is 3.40. The van der Waals surface area contributed by atoms with Crippen molar-refractivity contribution >= 4 is 40.5 Å². The summed E-state index contributed by atoms with van der Waals surface area (Å²) < 4.78 is 14.9. The molecule has 3 aromatic rings. The number of Topliss-reactive ketones (excluding diaryl/α,β-unsaturated/α-hetero) is 1. The van der Waals surface area contributed by atoms with E-state index in [1.54, 1.807) is 0 Å². The van der Waals surface area contributed by atoms with E-state index < -0.39 is 5.82 Å². The van der Waals surface area contributed by atoms with Gasteiger partial charge in [0.2, 0.25) is 5.91 Å². The largest absolute Gasteiger partial charge is 0.326 e. The zero-order chi connectivity index (χ0) is 19.4. The molecule has 0 aliphatic carbocycles. The zero-order valence-electron chi connectivity index (χ0n) is 14.8. The molecule has 27 heavy (non-hydrogen) atoms. The van der Waals surface area contributed by atoms with Crippen LogP contribution in [0.2, 0.25) is 0 Å². The van der Waals surface area contributed by atoms with Gasteiger partial charge in [0, 0.05) is 23.6 Å². The number of thiazole rings is 1. The summed E-state index contributed by atoms with van der Waals surface area (Å²) in [4.78, 5) is 27.9. The summed E-state index contributed by atoms with van der Waals surface area (Å²) >= 11 is 2.74. The first-order valence-electron chi connectivity index (χ1n) is 8.18. The van der Waals surface area contributed by atoms with E-state index in [1.807, 2.05) is 36.6 Å². The molecule has 0 atom stereocenters. The topological polar surface area (TPSA) is 59.1 Å². The van der Waals surface area contributed by atoms with Crippen molar-refractivity contribution in [3.8, 4) is 11.3 Å².